The third-order valence-corrected chi connectivity index (χ3v) is 4.51. The highest BCUT2D eigenvalue weighted by Crippen LogP contribution is 2.21. The van der Waals surface area contributed by atoms with Crippen molar-refractivity contribution < 1.29 is 19.1 Å². The lowest BCUT2D eigenvalue weighted by Crippen LogP contribution is -2.25. The first-order valence-corrected chi connectivity index (χ1v) is 8.31. The van der Waals surface area contributed by atoms with Crippen LogP contribution in [0.25, 0.3) is 0 Å². The zero-order valence-electron chi connectivity index (χ0n) is 14.2. The summed E-state index contributed by atoms with van der Waals surface area (Å²) in [6, 6.07) is 0. The van der Waals surface area contributed by atoms with Gasteiger partial charge in [0.1, 0.15) is 0 Å². The van der Waals surface area contributed by atoms with Crippen LogP contribution in [0.15, 0.2) is 0 Å². The van der Waals surface area contributed by atoms with E-state index in [-0.39, 0.29) is 17.3 Å². The van der Waals surface area contributed by atoms with Crippen LogP contribution in [0, 0.1) is 13.8 Å². The summed E-state index contributed by atoms with van der Waals surface area (Å²) in [5.74, 6) is -1.12. The molecule has 2 rings (SSSR count). The third kappa shape index (κ3) is 3.28. The molecule has 0 saturated carbocycles. The van der Waals surface area contributed by atoms with Gasteiger partial charge >= 0.3 is 5.97 Å². The van der Waals surface area contributed by atoms with Crippen LogP contribution >= 0.6 is 11.5 Å². The van der Waals surface area contributed by atoms with Crippen LogP contribution in [-0.2, 0) is 11.2 Å². The minimum Gasteiger partial charge on any atom is -0.450 e. The molecule has 0 spiro atoms. The minimum atomic E-state index is -0.985. The van der Waals surface area contributed by atoms with E-state index in [0.717, 1.165) is 11.5 Å². The van der Waals surface area contributed by atoms with E-state index >= 15 is 0 Å². The molecule has 8 heteroatoms. The van der Waals surface area contributed by atoms with Crippen LogP contribution in [-0.4, -0.2) is 38.2 Å². The number of nitrogens with zero attached hydrogens (tertiary/aromatic N) is 2. The molecule has 24 heavy (non-hydrogen) atoms. The molecule has 0 radical (unpaired) electrons. The molecule has 0 aliphatic rings. The molecule has 7 nitrogen and oxygen atoms in total. The average molecular weight is 349 g/mol. The van der Waals surface area contributed by atoms with Crippen molar-refractivity contribution in [2.24, 2.45) is 0 Å². The lowest BCUT2D eigenvalue weighted by molar-refractivity contribution is 0.0320. The van der Waals surface area contributed by atoms with Gasteiger partial charge in [-0.05, 0) is 51.2 Å². The van der Waals surface area contributed by atoms with Gasteiger partial charge in [0.05, 0.1) is 11.4 Å². The van der Waals surface area contributed by atoms with E-state index in [4.69, 9.17) is 4.74 Å². The number of hydrogen-bond acceptors (Lipinski definition) is 7. The van der Waals surface area contributed by atoms with E-state index in [1.54, 1.807) is 13.8 Å². The lowest BCUT2D eigenvalue weighted by atomic mass is 10.0. The molecule has 0 fully saturated rings. The van der Waals surface area contributed by atoms with Gasteiger partial charge in [-0.15, -0.1) is 5.10 Å². The first-order chi connectivity index (χ1) is 11.3. The molecule has 0 amide bonds. The van der Waals surface area contributed by atoms with Gasteiger partial charge in [-0.3, -0.25) is 9.59 Å². The van der Waals surface area contributed by atoms with Gasteiger partial charge in [0.2, 0.25) is 5.78 Å². The van der Waals surface area contributed by atoms with Crippen molar-refractivity contribution in [3.8, 4) is 0 Å². The normalized spacial score (nSPS) is 12.0. The smallest absolute Gasteiger partial charge is 0.352 e. The predicted octanol–water partition coefficient (Wildman–Crippen LogP) is 2.68. The maximum Gasteiger partial charge on any atom is 0.352 e. The molecule has 0 bridgehead atoms. The molecule has 2 aromatic rings. The number of aryl methyl sites for hydroxylation is 2. The summed E-state index contributed by atoms with van der Waals surface area (Å²) < 4.78 is 8.99. The number of rotatable bonds is 6. The van der Waals surface area contributed by atoms with Crippen molar-refractivity contribution >= 4 is 29.1 Å². The fraction of sp³-hybridized carbons (Fsp3) is 0.438. The summed E-state index contributed by atoms with van der Waals surface area (Å²) in [6.07, 6.45) is -0.430. The van der Waals surface area contributed by atoms with Crippen molar-refractivity contribution in [1.82, 2.24) is 14.6 Å². The fourth-order valence-corrected chi connectivity index (χ4v) is 3.22. The maximum absolute atomic E-state index is 12.6. The summed E-state index contributed by atoms with van der Waals surface area (Å²) in [5.41, 5.74) is 2.53. The molecule has 1 N–H and O–H groups in total. The molecule has 2 aromatic heterocycles. The van der Waals surface area contributed by atoms with Crippen LogP contribution < -0.4 is 0 Å². The van der Waals surface area contributed by atoms with E-state index in [1.165, 1.54) is 13.8 Å². The molecule has 1 atom stereocenters. The number of nitrogens with one attached hydrogen (secondary N) is 1. The number of aromatic nitrogens is 3. The van der Waals surface area contributed by atoms with Crippen LogP contribution in [0.4, 0.5) is 0 Å². The first kappa shape index (κ1) is 18.0. The second kappa shape index (κ2) is 7.04. The zero-order chi connectivity index (χ0) is 18.0. The Balaban J connectivity index is 2.20. The highest BCUT2D eigenvalue weighted by molar-refractivity contribution is 7.07. The number of carbonyl (C=O) groups is 3. The van der Waals surface area contributed by atoms with Crippen molar-refractivity contribution in [2.75, 3.05) is 0 Å². The molecular formula is C16H19N3O4S. The zero-order valence-corrected chi connectivity index (χ0v) is 15.0. The number of Topliss-reactive ketones (excluding diaryl/α,β-unsaturated/α-hetero) is 2. The third-order valence-electron chi connectivity index (χ3n) is 3.77. The van der Waals surface area contributed by atoms with Crippen LogP contribution in [0.3, 0.4) is 0 Å². The van der Waals surface area contributed by atoms with E-state index in [9.17, 15) is 14.4 Å². The molecule has 0 aromatic carbocycles. The molecular weight excluding hydrogens is 330 g/mol. The van der Waals surface area contributed by atoms with Crippen molar-refractivity contribution in [3.05, 3.63) is 33.1 Å². The minimum absolute atomic E-state index is 0.117. The number of ketones is 2. The molecule has 2 heterocycles. The Hall–Kier alpha value is -2.35. The van der Waals surface area contributed by atoms with Crippen LogP contribution in [0.2, 0.25) is 0 Å². The van der Waals surface area contributed by atoms with Gasteiger partial charge in [0, 0.05) is 11.3 Å². The maximum atomic E-state index is 12.6. The second-order valence-corrected chi connectivity index (χ2v) is 6.25. The van der Waals surface area contributed by atoms with Gasteiger partial charge in [-0.2, -0.15) is 0 Å². The van der Waals surface area contributed by atoms with Crippen molar-refractivity contribution in [1.29, 1.82) is 0 Å². The van der Waals surface area contributed by atoms with Gasteiger partial charge in [-0.25, -0.2) is 4.79 Å². The Labute approximate surface area is 143 Å². The average Bonchev–Trinajstić information content (AvgIpc) is 3.10. The molecule has 0 aliphatic heterocycles. The van der Waals surface area contributed by atoms with Gasteiger partial charge in [0.25, 0.3) is 0 Å². The van der Waals surface area contributed by atoms with Gasteiger partial charge in [0.15, 0.2) is 16.8 Å². The molecule has 0 aliphatic carbocycles. The predicted molar refractivity (Wildman–Crippen MR) is 88.8 cm³/mol. The number of esters is 1. The van der Waals surface area contributed by atoms with E-state index in [1.807, 2.05) is 6.92 Å². The SMILES string of the molecule is CCc1nnsc1C(=O)OC(C)C(=O)c1[nH]c(C)c(C(C)=O)c1C. The quantitative estimate of drug-likeness (QED) is 0.635. The Morgan fingerprint density at radius 1 is 1.29 bits per heavy atom. The molecule has 0 saturated heterocycles. The number of aromatic amines is 1. The summed E-state index contributed by atoms with van der Waals surface area (Å²) in [7, 11) is 0. The Morgan fingerprint density at radius 3 is 2.50 bits per heavy atom. The van der Waals surface area contributed by atoms with Gasteiger partial charge in [-0.1, -0.05) is 11.4 Å². The number of hydrogen-bond donors (Lipinski definition) is 1. The summed E-state index contributed by atoms with van der Waals surface area (Å²) in [4.78, 5) is 39.6. The summed E-state index contributed by atoms with van der Waals surface area (Å²) in [6.45, 7) is 8.24. The Bertz CT molecular complexity index is 806. The van der Waals surface area contributed by atoms with Crippen LogP contribution in [0.1, 0.15) is 68.2 Å². The summed E-state index contributed by atoms with van der Waals surface area (Å²) >= 11 is 0.946. The highest BCUT2D eigenvalue weighted by atomic mass is 32.1. The first-order valence-electron chi connectivity index (χ1n) is 7.54. The summed E-state index contributed by atoms with van der Waals surface area (Å²) in [5, 5.41) is 3.85. The fourth-order valence-electron chi connectivity index (χ4n) is 2.59. The van der Waals surface area contributed by atoms with Crippen molar-refractivity contribution in [3.63, 3.8) is 0 Å². The number of ether oxygens (including phenoxy) is 1. The topological polar surface area (TPSA) is 102 Å². The highest BCUT2D eigenvalue weighted by Gasteiger charge is 2.27. The number of carbonyl (C=O) groups excluding carboxylic acids is 3. The number of H-pyrrole nitrogens is 1. The van der Waals surface area contributed by atoms with Crippen LogP contribution in [0.5, 0.6) is 0 Å². The monoisotopic (exact) mass is 349 g/mol. The lowest BCUT2D eigenvalue weighted by Gasteiger charge is -2.11. The van der Waals surface area contributed by atoms with Crippen molar-refractivity contribution in [2.45, 2.75) is 47.1 Å². The standard InChI is InChI=1S/C16H19N3O4S/c1-6-11-15(24-19-18-11)16(22)23-10(5)14(21)13-7(2)12(9(4)20)8(3)17-13/h10,17H,6H2,1-5H3. The molecule has 1 unspecified atom stereocenters. The largest absolute Gasteiger partial charge is 0.450 e. The Morgan fingerprint density at radius 2 is 1.96 bits per heavy atom. The van der Waals surface area contributed by atoms with E-state index < -0.39 is 12.1 Å². The van der Waals surface area contributed by atoms with E-state index in [0.29, 0.717) is 33.8 Å². The second-order valence-electron chi connectivity index (χ2n) is 5.50. The Kier molecular flexibility index (Phi) is 5.28. The van der Waals surface area contributed by atoms with Gasteiger partial charge < -0.3 is 9.72 Å². The molecule has 128 valence electrons. The van der Waals surface area contributed by atoms with E-state index in [2.05, 4.69) is 14.6 Å².